The van der Waals surface area contributed by atoms with Gasteiger partial charge in [-0.1, -0.05) is 19.8 Å². The maximum atomic E-state index is 12.8. The Balaban J connectivity index is 1.29. The van der Waals surface area contributed by atoms with Crippen molar-refractivity contribution in [3.63, 3.8) is 0 Å². The number of aliphatic hydroxyl groups excluding tert-OH is 1. The van der Waals surface area contributed by atoms with Crippen LogP contribution in [-0.2, 0) is 28.8 Å². The van der Waals surface area contributed by atoms with E-state index in [1.54, 1.807) is 4.52 Å². The van der Waals surface area contributed by atoms with Crippen LogP contribution in [0.5, 0.6) is 0 Å². The lowest BCUT2D eigenvalue weighted by Gasteiger charge is -2.25. The maximum absolute atomic E-state index is 12.8. The van der Waals surface area contributed by atoms with Gasteiger partial charge in [-0.05, 0) is 75.1 Å². The van der Waals surface area contributed by atoms with Crippen LogP contribution in [0.1, 0.15) is 85.4 Å². The third-order valence-electron chi connectivity index (χ3n) is 7.26. The molecule has 1 N–H and O–H groups in total. The van der Waals surface area contributed by atoms with Crippen LogP contribution >= 0.6 is 0 Å². The predicted octanol–water partition coefficient (Wildman–Crippen LogP) is 4.66. The smallest absolute Gasteiger partial charge is 0.338 e. The van der Waals surface area contributed by atoms with Crippen molar-refractivity contribution < 1.29 is 14.6 Å². The zero-order chi connectivity index (χ0) is 24.5. The number of pyridine rings is 1. The topological polar surface area (TPSA) is 102 Å². The second-order valence-corrected chi connectivity index (χ2v) is 9.86. The van der Waals surface area contributed by atoms with E-state index in [-0.39, 0.29) is 23.9 Å². The highest BCUT2D eigenvalue weighted by Crippen LogP contribution is 2.36. The van der Waals surface area contributed by atoms with Crippen LogP contribution in [0.25, 0.3) is 5.78 Å². The van der Waals surface area contributed by atoms with E-state index in [1.165, 1.54) is 36.8 Å². The van der Waals surface area contributed by atoms with Gasteiger partial charge in [-0.15, -0.1) is 5.10 Å². The number of nitrogens with zero attached hydrogens (tertiary/aromatic N) is 5. The van der Waals surface area contributed by atoms with Crippen molar-refractivity contribution in [2.24, 2.45) is 0 Å². The van der Waals surface area contributed by atoms with E-state index in [4.69, 9.17) is 4.74 Å². The van der Waals surface area contributed by atoms with E-state index in [9.17, 15) is 9.90 Å². The molecule has 1 saturated carbocycles. The summed E-state index contributed by atoms with van der Waals surface area (Å²) in [6.45, 7) is 5.95. The lowest BCUT2D eigenvalue weighted by molar-refractivity contribution is -0.147. The van der Waals surface area contributed by atoms with E-state index >= 15 is 0 Å². The number of aromatic nitrogens is 5. The molecule has 8 nitrogen and oxygen atoms in total. The van der Waals surface area contributed by atoms with Gasteiger partial charge >= 0.3 is 5.97 Å². The number of aryl methyl sites for hydroxylation is 4. The van der Waals surface area contributed by atoms with Gasteiger partial charge in [-0.3, -0.25) is 4.98 Å². The molecular weight excluding hydrogens is 442 g/mol. The third kappa shape index (κ3) is 4.92. The molecule has 1 unspecified atom stereocenters. The van der Waals surface area contributed by atoms with Crippen molar-refractivity contribution in [3.8, 4) is 0 Å². The van der Waals surface area contributed by atoms with Crippen LogP contribution in [0.15, 0.2) is 29.7 Å². The molecule has 3 aromatic heterocycles. The van der Waals surface area contributed by atoms with E-state index in [0.29, 0.717) is 30.4 Å². The van der Waals surface area contributed by atoms with Gasteiger partial charge in [-0.2, -0.15) is 4.98 Å². The van der Waals surface area contributed by atoms with Crippen molar-refractivity contribution in [3.05, 3.63) is 63.7 Å². The minimum atomic E-state index is -0.488. The fourth-order valence-corrected chi connectivity index (χ4v) is 5.38. The second-order valence-electron chi connectivity index (χ2n) is 9.86. The molecule has 8 heteroatoms. The van der Waals surface area contributed by atoms with E-state index in [1.807, 2.05) is 19.9 Å². The molecule has 1 aliphatic heterocycles. The summed E-state index contributed by atoms with van der Waals surface area (Å²) < 4.78 is 7.40. The van der Waals surface area contributed by atoms with Gasteiger partial charge in [-0.25, -0.2) is 14.3 Å². The van der Waals surface area contributed by atoms with Crippen LogP contribution in [-0.4, -0.2) is 41.7 Å². The number of hydrogen-bond donors (Lipinski definition) is 1. The molecule has 1 aliphatic carbocycles. The minimum absolute atomic E-state index is 0.0750. The number of cyclic esters (lactones) is 1. The fourth-order valence-electron chi connectivity index (χ4n) is 5.38. The fraction of sp³-hybridized carbons (Fsp3) is 0.519. The van der Waals surface area contributed by atoms with Crippen LogP contribution in [0.2, 0.25) is 0 Å². The number of esters is 1. The van der Waals surface area contributed by atoms with Crippen molar-refractivity contribution in [2.45, 2.75) is 90.6 Å². The molecule has 0 radical (unpaired) electrons. The van der Waals surface area contributed by atoms with Crippen molar-refractivity contribution in [1.29, 1.82) is 0 Å². The minimum Gasteiger partial charge on any atom is -0.512 e. The van der Waals surface area contributed by atoms with Crippen molar-refractivity contribution >= 4 is 11.7 Å². The highest BCUT2D eigenvalue weighted by molar-refractivity contribution is 5.90. The summed E-state index contributed by atoms with van der Waals surface area (Å²) in [6, 6.07) is 4.14. The largest absolute Gasteiger partial charge is 0.512 e. The summed E-state index contributed by atoms with van der Waals surface area (Å²) in [5.74, 6) is 1.09. The average Bonchev–Trinajstić information content (AvgIpc) is 3.50. The normalized spacial score (nSPS) is 19.1. The number of fused-ring (bicyclic) bond motifs is 1. The number of hydrogen-bond acceptors (Lipinski definition) is 7. The summed E-state index contributed by atoms with van der Waals surface area (Å²) >= 11 is 0. The van der Waals surface area contributed by atoms with E-state index in [2.05, 4.69) is 39.2 Å². The number of rotatable bonds is 7. The molecule has 5 rings (SSSR count). The number of carbonyl (C=O) groups is 1. The SMILES string of the molecule is CCc1cc(CCC2CC(O)=C(Cc3nc4nc(C)cc(C)n4n3)C(=O)O2)c(C2CCCC2)cn1. The Labute approximate surface area is 205 Å². The van der Waals surface area contributed by atoms with Crippen LogP contribution < -0.4 is 0 Å². The molecule has 4 heterocycles. The quantitative estimate of drug-likeness (QED) is 0.496. The zero-order valence-corrected chi connectivity index (χ0v) is 20.8. The number of ether oxygens (including phenoxy) is 1. The summed E-state index contributed by atoms with van der Waals surface area (Å²) in [5.41, 5.74) is 5.74. The van der Waals surface area contributed by atoms with Gasteiger partial charge in [0.25, 0.3) is 5.78 Å². The summed E-state index contributed by atoms with van der Waals surface area (Å²) in [7, 11) is 0. The molecule has 35 heavy (non-hydrogen) atoms. The van der Waals surface area contributed by atoms with Crippen LogP contribution in [0.4, 0.5) is 0 Å². The molecule has 0 spiro atoms. The van der Waals surface area contributed by atoms with Gasteiger partial charge in [0.15, 0.2) is 5.82 Å². The van der Waals surface area contributed by atoms with Gasteiger partial charge in [0, 0.05) is 36.1 Å². The Hall–Kier alpha value is -3.29. The van der Waals surface area contributed by atoms with E-state index < -0.39 is 5.97 Å². The maximum Gasteiger partial charge on any atom is 0.338 e. The first-order chi connectivity index (χ1) is 16.9. The van der Waals surface area contributed by atoms with Gasteiger partial charge in [0.2, 0.25) is 0 Å². The predicted molar refractivity (Wildman–Crippen MR) is 131 cm³/mol. The zero-order valence-electron chi connectivity index (χ0n) is 20.8. The highest BCUT2D eigenvalue weighted by atomic mass is 16.5. The third-order valence-corrected chi connectivity index (χ3v) is 7.26. The van der Waals surface area contributed by atoms with Gasteiger partial charge in [0.05, 0.1) is 5.57 Å². The molecule has 0 aromatic carbocycles. The summed E-state index contributed by atoms with van der Waals surface area (Å²) in [5, 5.41) is 15.2. The Morgan fingerprint density at radius 2 is 1.97 bits per heavy atom. The molecule has 2 aliphatic rings. The molecule has 184 valence electrons. The standard InChI is InChI=1S/C27H33N5O3/c1-4-20-12-19(23(15-28-20)18-7-5-6-8-18)9-10-21-13-24(33)22(26(34)35-21)14-25-30-27-29-16(2)11-17(3)32(27)31-25/h11-12,15,18,21,33H,4-10,13-14H2,1-3H3. The Morgan fingerprint density at radius 3 is 2.71 bits per heavy atom. The molecule has 0 saturated heterocycles. The highest BCUT2D eigenvalue weighted by Gasteiger charge is 2.30. The number of carbonyl (C=O) groups excluding carboxylic acids is 1. The van der Waals surface area contributed by atoms with Crippen LogP contribution in [0.3, 0.4) is 0 Å². The van der Waals surface area contributed by atoms with E-state index in [0.717, 1.165) is 29.9 Å². The molecule has 1 atom stereocenters. The Bertz CT molecular complexity index is 1290. The Morgan fingerprint density at radius 1 is 1.17 bits per heavy atom. The van der Waals surface area contributed by atoms with Crippen molar-refractivity contribution in [1.82, 2.24) is 24.6 Å². The molecule has 0 bridgehead atoms. The summed E-state index contributed by atoms with van der Waals surface area (Å²) in [6.07, 6.45) is 9.52. The van der Waals surface area contributed by atoms with Crippen LogP contribution in [0, 0.1) is 13.8 Å². The first-order valence-electron chi connectivity index (χ1n) is 12.7. The lowest BCUT2D eigenvalue weighted by atomic mass is 9.90. The van der Waals surface area contributed by atoms with Crippen molar-refractivity contribution in [2.75, 3.05) is 0 Å². The monoisotopic (exact) mass is 475 g/mol. The molecular formula is C27H33N5O3. The lowest BCUT2D eigenvalue weighted by Crippen LogP contribution is -2.28. The Kier molecular flexibility index (Phi) is 6.54. The number of aliphatic hydroxyl groups is 1. The first kappa shape index (κ1) is 23.5. The van der Waals surface area contributed by atoms with Gasteiger partial charge in [0.1, 0.15) is 11.9 Å². The molecule has 3 aromatic rings. The second kappa shape index (κ2) is 9.76. The summed E-state index contributed by atoms with van der Waals surface area (Å²) in [4.78, 5) is 26.3. The van der Waals surface area contributed by atoms with Gasteiger partial charge < -0.3 is 9.84 Å². The molecule has 1 fully saturated rings. The first-order valence-corrected chi connectivity index (χ1v) is 12.7. The average molecular weight is 476 g/mol. The molecule has 0 amide bonds.